The van der Waals surface area contributed by atoms with Gasteiger partial charge in [-0.3, -0.25) is 10.1 Å². The van der Waals surface area contributed by atoms with E-state index in [2.05, 4.69) is 32.2 Å². The standard InChI is InChI=1S/C20H26N6O2S/c1-14-7-6-10-17(15(14)2)26-20(23-24-25-26)29-13-18(27)22-19(28)21-12-11-16-8-4-3-5-9-16/h6-8,10H,3-5,9,11-13H2,1-2H3,(H2,21,22,27,28). The van der Waals surface area contributed by atoms with Gasteiger partial charge in [-0.15, -0.1) is 5.10 Å². The number of aryl methyl sites for hydroxylation is 1. The van der Waals surface area contributed by atoms with Crippen molar-refractivity contribution < 1.29 is 9.59 Å². The van der Waals surface area contributed by atoms with Crippen LogP contribution in [-0.4, -0.2) is 44.4 Å². The van der Waals surface area contributed by atoms with Crippen LogP contribution >= 0.6 is 11.8 Å². The first kappa shape index (κ1) is 21.0. The minimum atomic E-state index is -0.471. The number of carbonyl (C=O) groups excluding carboxylic acids is 2. The Kier molecular flexibility index (Phi) is 7.40. The lowest BCUT2D eigenvalue weighted by molar-refractivity contribution is -0.117. The molecular formula is C20H26N6O2S. The highest BCUT2D eigenvalue weighted by Gasteiger charge is 2.15. The summed E-state index contributed by atoms with van der Waals surface area (Å²) in [7, 11) is 0. The molecule has 0 saturated heterocycles. The fourth-order valence-electron chi connectivity index (χ4n) is 3.19. The van der Waals surface area contributed by atoms with E-state index in [1.54, 1.807) is 4.68 Å². The number of amides is 3. The molecule has 0 aliphatic heterocycles. The number of allylic oxidation sites excluding steroid dienone is 1. The number of hydrogen-bond donors (Lipinski definition) is 2. The van der Waals surface area contributed by atoms with Gasteiger partial charge in [-0.2, -0.15) is 4.68 Å². The summed E-state index contributed by atoms with van der Waals surface area (Å²) < 4.78 is 1.61. The fourth-order valence-corrected chi connectivity index (χ4v) is 3.87. The Morgan fingerprint density at radius 1 is 1.24 bits per heavy atom. The maximum atomic E-state index is 12.1. The van der Waals surface area contributed by atoms with E-state index in [-0.39, 0.29) is 11.7 Å². The Morgan fingerprint density at radius 3 is 2.90 bits per heavy atom. The van der Waals surface area contributed by atoms with Crippen LogP contribution in [0.1, 0.15) is 43.2 Å². The van der Waals surface area contributed by atoms with Crippen LogP contribution in [0.2, 0.25) is 0 Å². The number of urea groups is 1. The zero-order chi connectivity index (χ0) is 20.6. The van der Waals surface area contributed by atoms with Crippen molar-refractivity contribution in [2.75, 3.05) is 12.3 Å². The van der Waals surface area contributed by atoms with Crippen molar-refractivity contribution in [1.29, 1.82) is 0 Å². The Bertz CT molecular complexity index is 908. The summed E-state index contributed by atoms with van der Waals surface area (Å²) in [4.78, 5) is 24.0. The van der Waals surface area contributed by atoms with E-state index in [1.807, 2.05) is 32.0 Å². The molecule has 2 aromatic rings. The lowest BCUT2D eigenvalue weighted by atomic mass is 9.97. The van der Waals surface area contributed by atoms with Crippen LogP contribution in [0.4, 0.5) is 4.79 Å². The van der Waals surface area contributed by atoms with Gasteiger partial charge in [0.25, 0.3) is 0 Å². The summed E-state index contributed by atoms with van der Waals surface area (Å²) in [5.41, 5.74) is 4.45. The van der Waals surface area contributed by atoms with Crippen LogP contribution in [0.3, 0.4) is 0 Å². The Balaban J connectivity index is 1.46. The molecule has 2 N–H and O–H groups in total. The van der Waals surface area contributed by atoms with Gasteiger partial charge >= 0.3 is 6.03 Å². The molecule has 1 aromatic heterocycles. The summed E-state index contributed by atoms with van der Waals surface area (Å²) in [6.07, 6.45) is 7.78. The van der Waals surface area contributed by atoms with E-state index >= 15 is 0 Å². The fraction of sp³-hybridized carbons (Fsp3) is 0.450. The van der Waals surface area contributed by atoms with Crippen molar-refractivity contribution >= 4 is 23.7 Å². The average Bonchev–Trinajstić information content (AvgIpc) is 3.17. The van der Waals surface area contributed by atoms with Gasteiger partial charge in [0.1, 0.15) is 0 Å². The Hall–Kier alpha value is -2.68. The summed E-state index contributed by atoms with van der Waals surface area (Å²) in [6.45, 7) is 4.55. The second-order valence-corrected chi connectivity index (χ2v) is 7.99. The molecule has 9 heteroatoms. The quantitative estimate of drug-likeness (QED) is 0.533. The first-order valence-corrected chi connectivity index (χ1v) is 10.8. The molecule has 0 unspecified atom stereocenters. The topological polar surface area (TPSA) is 102 Å². The normalized spacial score (nSPS) is 13.7. The zero-order valence-electron chi connectivity index (χ0n) is 16.8. The van der Waals surface area contributed by atoms with Crippen molar-refractivity contribution in [3.8, 4) is 5.69 Å². The van der Waals surface area contributed by atoms with Crippen molar-refractivity contribution in [3.63, 3.8) is 0 Å². The maximum Gasteiger partial charge on any atom is 0.321 e. The second-order valence-electron chi connectivity index (χ2n) is 7.04. The molecule has 0 fully saturated rings. The Morgan fingerprint density at radius 2 is 2.10 bits per heavy atom. The predicted molar refractivity (Wildman–Crippen MR) is 112 cm³/mol. The maximum absolute atomic E-state index is 12.1. The minimum absolute atomic E-state index is 0.0454. The lowest BCUT2D eigenvalue weighted by Crippen LogP contribution is -2.40. The molecule has 0 saturated carbocycles. The van der Waals surface area contributed by atoms with Crippen molar-refractivity contribution in [2.24, 2.45) is 0 Å². The average molecular weight is 415 g/mol. The molecule has 0 radical (unpaired) electrons. The molecule has 3 rings (SSSR count). The number of carbonyl (C=O) groups is 2. The van der Waals surface area contributed by atoms with Crippen LogP contribution in [0.15, 0.2) is 35.0 Å². The third kappa shape index (κ3) is 5.90. The van der Waals surface area contributed by atoms with Crippen LogP contribution in [-0.2, 0) is 4.79 Å². The number of thioether (sulfide) groups is 1. The molecule has 1 aromatic carbocycles. The van der Waals surface area contributed by atoms with Gasteiger partial charge in [0, 0.05) is 6.54 Å². The first-order chi connectivity index (χ1) is 14.0. The van der Waals surface area contributed by atoms with Gasteiger partial charge < -0.3 is 5.32 Å². The van der Waals surface area contributed by atoms with Crippen LogP contribution < -0.4 is 10.6 Å². The molecule has 29 heavy (non-hydrogen) atoms. The zero-order valence-corrected chi connectivity index (χ0v) is 17.6. The van der Waals surface area contributed by atoms with Crippen LogP contribution in [0.25, 0.3) is 5.69 Å². The lowest BCUT2D eigenvalue weighted by Gasteiger charge is -2.13. The molecule has 0 bridgehead atoms. The molecule has 0 atom stereocenters. The van der Waals surface area contributed by atoms with E-state index < -0.39 is 6.03 Å². The van der Waals surface area contributed by atoms with Crippen LogP contribution in [0, 0.1) is 13.8 Å². The van der Waals surface area contributed by atoms with Gasteiger partial charge in [-0.05, 0) is 73.6 Å². The van der Waals surface area contributed by atoms with Gasteiger partial charge in [-0.1, -0.05) is 35.5 Å². The van der Waals surface area contributed by atoms with E-state index in [4.69, 9.17) is 0 Å². The van der Waals surface area contributed by atoms with E-state index in [1.165, 1.54) is 30.2 Å². The minimum Gasteiger partial charge on any atom is -0.337 e. The SMILES string of the molecule is Cc1cccc(-n2nnnc2SCC(=O)NC(=O)NCCC2=CCCCC2)c1C. The number of benzene rings is 1. The summed E-state index contributed by atoms with van der Waals surface area (Å²) >= 11 is 1.19. The second kappa shape index (κ2) is 10.2. The van der Waals surface area contributed by atoms with Gasteiger partial charge in [0.2, 0.25) is 11.1 Å². The van der Waals surface area contributed by atoms with Gasteiger partial charge in [0.15, 0.2) is 0 Å². The summed E-state index contributed by atoms with van der Waals surface area (Å²) in [6, 6.07) is 5.42. The third-order valence-electron chi connectivity index (χ3n) is 4.95. The first-order valence-electron chi connectivity index (χ1n) is 9.78. The van der Waals surface area contributed by atoms with E-state index in [9.17, 15) is 9.59 Å². The largest absolute Gasteiger partial charge is 0.337 e. The number of hydrogen-bond acceptors (Lipinski definition) is 6. The molecule has 1 heterocycles. The Labute approximate surface area is 174 Å². The highest BCUT2D eigenvalue weighted by Crippen LogP contribution is 2.22. The smallest absolute Gasteiger partial charge is 0.321 e. The monoisotopic (exact) mass is 414 g/mol. The molecule has 154 valence electrons. The highest BCUT2D eigenvalue weighted by atomic mass is 32.2. The van der Waals surface area contributed by atoms with Gasteiger partial charge in [-0.25, -0.2) is 4.79 Å². The molecule has 3 amide bonds. The molecule has 0 spiro atoms. The number of aromatic nitrogens is 4. The van der Waals surface area contributed by atoms with Gasteiger partial charge in [0.05, 0.1) is 11.4 Å². The van der Waals surface area contributed by atoms with Crippen molar-refractivity contribution in [3.05, 3.63) is 41.0 Å². The molecule has 1 aliphatic rings. The van der Waals surface area contributed by atoms with Crippen LogP contribution in [0.5, 0.6) is 0 Å². The molecular weight excluding hydrogens is 388 g/mol. The van der Waals surface area contributed by atoms with Crippen molar-refractivity contribution in [1.82, 2.24) is 30.8 Å². The highest BCUT2D eigenvalue weighted by molar-refractivity contribution is 7.99. The predicted octanol–water partition coefficient (Wildman–Crippen LogP) is 3.09. The number of nitrogens with one attached hydrogen (secondary N) is 2. The van der Waals surface area contributed by atoms with E-state index in [0.29, 0.717) is 11.7 Å². The summed E-state index contributed by atoms with van der Waals surface area (Å²) in [5.74, 6) is -0.344. The third-order valence-corrected chi connectivity index (χ3v) is 5.87. The van der Waals surface area contributed by atoms with E-state index in [0.717, 1.165) is 36.1 Å². The number of imide groups is 1. The number of tetrazole rings is 1. The molecule has 8 nitrogen and oxygen atoms in total. The summed E-state index contributed by atoms with van der Waals surface area (Å²) in [5, 5.41) is 17.3. The van der Waals surface area contributed by atoms with Crippen molar-refractivity contribution in [2.45, 2.75) is 51.1 Å². The number of rotatable bonds is 7. The molecule has 1 aliphatic carbocycles. The number of nitrogens with zero attached hydrogens (tertiary/aromatic N) is 4.